The van der Waals surface area contributed by atoms with Gasteiger partial charge in [-0.05, 0) is 31.1 Å². The summed E-state index contributed by atoms with van der Waals surface area (Å²) in [5.41, 5.74) is 0.622. The standard InChI is InChI=1S/C10H18N2/c1-2-10(5-6-10)8-12-7-3-4-9(12)11/h11H,2-8H2,1H3. The Morgan fingerprint density at radius 1 is 1.50 bits per heavy atom. The van der Waals surface area contributed by atoms with Crippen LogP contribution in [0.2, 0.25) is 0 Å². The maximum atomic E-state index is 7.71. The number of hydrogen-bond acceptors (Lipinski definition) is 1. The highest BCUT2D eigenvalue weighted by Gasteiger charge is 2.42. The third-order valence-electron chi connectivity index (χ3n) is 3.46. The van der Waals surface area contributed by atoms with Crippen molar-refractivity contribution in [2.75, 3.05) is 13.1 Å². The van der Waals surface area contributed by atoms with Crippen molar-refractivity contribution < 1.29 is 0 Å². The van der Waals surface area contributed by atoms with Crippen LogP contribution in [0.3, 0.4) is 0 Å². The average molecular weight is 166 g/mol. The zero-order valence-electron chi connectivity index (χ0n) is 7.90. The Bertz CT molecular complexity index is 194. The Morgan fingerprint density at radius 2 is 2.25 bits per heavy atom. The van der Waals surface area contributed by atoms with Gasteiger partial charge in [0.15, 0.2) is 0 Å². The third-order valence-corrected chi connectivity index (χ3v) is 3.46. The smallest absolute Gasteiger partial charge is 0.0958 e. The SMILES string of the molecule is CCC1(CN2CCCC2=N)CC1. The van der Waals surface area contributed by atoms with Crippen molar-refractivity contribution in [1.29, 1.82) is 5.41 Å². The van der Waals surface area contributed by atoms with Crippen molar-refractivity contribution in [2.45, 2.75) is 39.0 Å². The molecule has 1 aliphatic heterocycles. The predicted molar refractivity (Wildman–Crippen MR) is 50.5 cm³/mol. The first-order chi connectivity index (χ1) is 5.76. The summed E-state index contributed by atoms with van der Waals surface area (Å²) < 4.78 is 0. The molecule has 1 N–H and O–H groups in total. The van der Waals surface area contributed by atoms with Gasteiger partial charge in [-0.25, -0.2) is 0 Å². The molecule has 1 saturated carbocycles. The van der Waals surface area contributed by atoms with Crippen LogP contribution in [0.4, 0.5) is 0 Å². The lowest BCUT2D eigenvalue weighted by Gasteiger charge is -2.23. The minimum absolute atomic E-state index is 0.622. The van der Waals surface area contributed by atoms with Gasteiger partial charge in [0.25, 0.3) is 0 Å². The highest BCUT2D eigenvalue weighted by molar-refractivity contribution is 5.81. The van der Waals surface area contributed by atoms with Gasteiger partial charge in [-0.1, -0.05) is 6.92 Å². The molecule has 2 rings (SSSR count). The van der Waals surface area contributed by atoms with E-state index in [0.29, 0.717) is 5.41 Å². The molecule has 2 fully saturated rings. The van der Waals surface area contributed by atoms with Crippen molar-refractivity contribution in [3.05, 3.63) is 0 Å². The molecule has 68 valence electrons. The van der Waals surface area contributed by atoms with E-state index in [4.69, 9.17) is 5.41 Å². The van der Waals surface area contributed by atoms with Gasteiger partial charge < -0.3 is 4.90 Å². The summed E-state index contributed by atoms with van der Waals surface area (Å²) in [6.07, 6.45) is 6.32. The third kappa shape index (κ3) is 1.35. The molecule has 0 amide bonds. The monoisotopic (exact) mass is 166 g/mol. The molecule has 0 unspecified atom stereocenters. The maximum Gasteiger partial charge on any atom is 0.0958 e. The Kier molecular flexibility index (Phi) is 1.85. The second-order valence-corrected chi connectivity index (χ2v) is 4.33. The van der Waals surface area contributed by atoms with Gasteiger partial charge in [0.2, 0.25) is 0 Å². The fraction of sp³-hybridized carbons (Fsp3) is 0.900. The molecule has 0 aromatic carbocycles. The van der Waals surface area contributed by atoms with Crippen molar-refractivity contribution in [3.63, 3.8) is 0 Å². The van der Waals surface area contributed by atoms with Crippen LogP contribution in [0.15, 0.2) is 0 Å². The first-order valence-electron chi connectivity index (χ1n) is 5.08. The molecule has 0 aromatic rings. The van der Waals surface area contributed by atoms with Crippen molar-refractivity contribution >= 4 is 5.84 Å². The zero-order valence-corrected chi connectivity index (χ0v) is 7.90. The van der Waals surface area contributed by atoms with Crippen LogP contribution in [-0.2, 0) is 0 Å². The van der Waals surface area contributed by atoms with E-state index in [-0.39, 0.29) is 0 Å². The first-order valence-corrected chi connectivity index (χ1v) is 5.08. The van der Waals surface area contributed by atoms with Crippen LogP contribution >= 0.6 is 0 Å². The second kappa shape index (κ2) is 2.75. The van der Waals surface area contributed by atoms with E-state index in [2.05, 4.69) is 11.8 Å². The zero-order chi connectivity index (χ0) is 8.60. The largest absolute Gasteiger partial charge is 0.360 e. The number of likely N-dealkylation sites (tertiary alicyclic amines) is 1. The summed E-state index contributed by atoms with van der Waals surface area (Å²) >= 11 is 0. The van der Waals surface area contributed by atoms with Gasteiger partial charge in [0, 0.05) is 19.5 Å². The van der Waals surface area contributed by atoms with E-state index < -0.39 is 0 Å². The summed E-state index contributed by atoms with van der Waals surface area (Å²) in [5.74, 6) is 0.884. The van der Waals surface area contributed by atoms with E-state index >= 15 is 0 Å². The van der Waals surface area contributed by atoms with Crippen molar-refractivity contribution in [1.82, 2.24) is 4.90 Å². The summed E-state index contributed by atoms with van der Waals surface area (Å²) in [7, 11) is 0. The second-order valence-electron chi connectivity index (χ2n) is 4.33. The Labute approximate surface area is 74.5 Å². The molecule has 2 aliphatic rings. The van der Waals surface area contributed by atoms with E-state index in [9.17, 15) is 0 Å². The van der Waals surface area contributed by atoms with Gasteiger partial charge in [0.1, 0.15) is 0 Å². The van der Waals surface area contributed by atoms with Crippen LogP contribution in [0, 0.1) is 10.8 Å². The van der Waals surface area contributed by atoms with Gasteiger partial charge in [-0.2, -0.15) is 0 Å². The topological polar surface area (TPSA) is 27.1 Å². The Balaban J connectivity index is 1.90. The van der Waals surface area contributed by atoms with Crippen molar-refractivity contribution in [2.24, 2.45) is 5.41 Å². The quantitative estimate of drug-likeness (QED) is 0.684. The van der Waals surface area contributed by atoms with E-state index in [0.717, 1.165) is 18.8 Å². The van der Waals surface area contributed by atoms with E-state index in [1.54, 1.807) is 0 Å². The number of nitrogens with one attached hydrogen (secondary N) is 1. The molecule has 1 aliphatic carbocycles. The average Bonchev–Trinajstić information content (AvgIpc) is 2.74. The Hall–Kier alpha value is -0.530. The minimum Gasteiger partial charge on any atom is -0.360 e. The lowest BCUT2D eigenvalue weighted by atomic mass is 10.0. The van der Waals surface area contributed by atoms with Gasteiger partial charge in [0.05, 0.1) is 5.84 Å². The maximum absolute atomic E-state index is 7.71. The first kappa shape index (κ1) is 8.09. The van der Waals surface area contributed by atoms with Crippen LogP contribution in [0.25, 0.3) is 0 Å². The lowest BCUT2D eigenvalue weighted by Crippen LogP contribution is -2.30. The summed E-state index contributed by atoms with van der Waals surface area (Å²) in [6, 6.07) is 0. The molecular formula is C10H18N2. The highest BCUT2D eigenvalue weighted by Crippen LogP contribution is 2.49. The molecule has 12 heavy (non-hydrogen) atoms. The molecule has 0 bridgehead atoms. The fourth-order valence-electron chi connectivity index (χ4n) is 2.11. The van der Waals surface area contributed by atoms with E-state index in [1.165, 1.54) is 32.2 Å². The van der Waals surface area contributed by atoms with Gasteiger partial charge in [-0.3, -0.25) is 5.41 Å². The van der Waals surface area contributed by atoms with Crippen LogP contribution < -0.4 is 0 Å². The summed E-state index contributed by atoms with van der Waals surface area (Å²) in [6.45, 7) is 4.59. The predicted octanol–water partition coefficient (Wildman–Crippen LogP) is 2.25. The fourth-order valence-corrected chi connectivity index (χ4v) is 2.11. The number of nitrogens with zero attached hydrogens (tertiary/aromatic N) is 1. The van der Waals surface area contributed by atoms with Crippen LogP contribution in [0.5, 0.6) is 0 Å². The molecule has 1 heterocycles. The molecule has 1 saturated heterocycles. The molecule has 0 spiro atoms. The lowest BCUT2D eigenvalue weighted by molar-refractivity contribution is 0.330. The number of amidine groups is 1. The van der Waals surface area contributed by atoms with Gasteiger partial charge >= 0.3 is 0 Å². The molecule has 0 radical (unpaired) electrons. The molecular weight excluding hydrogens is 148 g/mol. The summed E-state index contributed by atoms with van der Waals surface area (Å²) in [5, 5.41) is 7.71. The van der Waals surface area contributed by atoms with E-state index in [1.807, 2.05) is 0 Å². The normalized spacial score (nSPS) is 26.4. The van der Waals surface area contributed by atoms with Gasteiger partial charge in [-0.15, -0.1) is 0 Å². The molecule has 0 aromatic heterocycles. The highest BCUT2D eigenvalue weighted by atomic mass is 15.2. The van der Waals surface area contributed by atoms with Crippen molar-refractivity contribution in [3.8, 4) is 0 Å². The minimum atomic E-state index is 0.622. The number of hydrogen-bond donors (Lipinski definition) is 1. The van der Waals surface area contributed by atoms with Crippen LogP contribution in [-0.4, -0.2) is 23.8 Å². The number of rotatable bonds is 3. The van der Waals surface area contributed by atoms with Crippen LogP contribution in [0.1, 0.15) is 39.0 Å². The molecule has 2 nitrogen and oxygen atoms in total. The summed E-state index contributed by atoms with van der Waals surface area (Å²) in [4.78, 5) is 2.29. The molecule has 2 heteroatoms. The Morgan fingerprint density at radius 3 is 2.67 bits per heavy atom. The molecule has 0 atom stereocenters.